The Hall–Kier alpha value is -1.54. The summed E-state index contributed by atoms with van der Waals surface area (Å²) in [7, 11) is 0. The van der Waals surface area contributed by atoms with E-state index in [-0.39, 0.29) is 5.69 Å². The summed E-state index contributed by atoms with van der Waals surface area (Å²) in [4.78, 5) is 0. The third kappa shape index (κ3) is 2.33. The van der Waals surface area contributed by atoms with E-state index in [1.54, 1.807) is 0 Å². The second-order valence-corrected chi connectivity index (χ2v) is 3.71. The summed E-state index contributed by atoms with van der Waals surface area (Å²) in [5, 5.41) is 0. The number of alkyl halides is 8. The topological polar surface area (TPSA) is 26.0 Å². The molecule has 19 heavy (non-hydrogen) atoms. The molecule has 1 aromatic rings. The molecule has 2 N–H and O–H groups in total. The van der Waals surface area contributed by atoms with E-state index in [0.29, 0.717) is 12.1 Å². The normalized spacial score (nSPS) is 16.5. The van der Waals surface area contributed by atoms with Crippen molar-refractivity contribution in [3.63, 3.8) is 0 Å². The smallest absolute Gasteiger partial charge is 0.399 e. The van der Waals surface area contributed by atoms with Crippen LogP contribution < -0.4 is 5.73 Å². The lowest BCUT2D eigenvalue weighted by Crippen LogP contribution is -2.56. The van der Waals surface area contributed by atoms with Crippen molar-refractivity contribution in [2.24, 2.45) is 0 Å². The monoisotopic (exact) mass is 293 g/mol. The van der Waals surface area contributed by atoms with Gasteiger partial charge in [0.15, 0.2) is 0 Å². The second-order valence-electron chi connectivity index (χ2n) is 3.71. The summed E-state index contributed by atoms with van der Waals surface area (Å²) in [6.07, 6.45) is -11.0. The molecule has 108 valence electrons. The molecular formula is C10H7F8N. The Morgan fingerprint density at radius 2 is 1.26 bits per heavy atom. The fourth-order valence-electron chi connectivity index (χ4n) is 1.38. The first-order chi connectivity index (χ1) is 8.44. The Morgan fingerprint density at radius 3 is 1.58 bits per heavy atom. The van der Waals surface area contributed by atoms with Crippen molar-refractivity contribution in [3.8, 4) is 0 Å². The second kappa shape index (κ2) is 4.53. The molecule has 0 saturated carbocycles. The standard InChI is InChI=1S/C10H7F8N/c11-7(12)8(13,9(14,15)10(16,17)18)5-1-3-6(19)4-2-5/h1-4,7H,19H2. The number of hydrogen-bond acceptors (Lipinski definition) is 1. The largest absolute Gasteiger partial charge is 0.457 e. The van der Waals surface area contributed by atoms with Gasteiger partial charge in [-0.25, -0.2) is 13.2 Å². The van der Waals surface area contributed by atoms with Gasteiger partial charge in [0.2, 0.25) is 0 Å². The van der Waals surface area contributed by atoms with Gasteiger partial charge in [-0.3, -0.25) is 0 Å². The van der Waals surface area contributed by atoms with Gasteiger partial charge in [-0.15, -0.1) is 0 Å². The van der Waals surface area contributed by atoms with Gasteiger partial charge in [0.25, 0.3) is 12.1 Å². The molecule has 1 nitrogen and oxygen atoms in total. The SMILES string of the molecule is Nc1ccc(C(F)(C(F)F)C(F)(F)C(F)(F)F)cc1. The van der Waals surface area contributed by atoms with Crippen LogP contribution in [0, 0.1) is 0 Å². The highest BCUT2D eigenvalue weighted by molar-refractivity contribution is 5.42. The van der Waals surface area contributed by atoms with Crippen molar-refractivity contribution in [3.05, 3.63) is 29.8 Å². The minimum absolute atomic E-state index is 0.101. The molecule has 0 spiro atoms. The van der Waals surface area contributed by atoms with Crippen LogP contribution in [0.25, 0.3) is 0 Å². The fraction of sp³-hybridized carbons (Fsp3) is 0.400. The summed E-state index contributed by atoms with van der Waals surface area (Å²) in [5.74, 6) is -6.25. The van der Waals surface area contributed by atoms with Crippen LogP contribution in [-0.2, 0) is 5.67 Å². The number of hydrogen-bond donors (Lipinski definition) is 1. The molecule has 0 saturated heterocycles. The van der Waals surface area contributed by atoms with E-state index in [0.717, 1.165) is 12.1 Å². The summed E-state index contributed by atoms with van der Waals surface area (Å²) in [5.41, 5.74) is -1.66. The number of anilines is 1. The van der Waals surface area contributed by atoms with Gasteiger partial charge in [0, 0.05) is 11.3 Å². The van der Waals surface area contributed by atoms with E-state index in [2.05, 4.69) is 0 Å². The van der Waals surface area contributed by atoms with Crippen molar-refractivity contribution in [2.45, 2.75) is 24.2 Å². The number of nitrogen functional groups attached to an aromatic ring is 1. The highest BCUT2D eigenvalue weighted by Gasteiger charge is 2.75. The van der Waals surface area contributed by atoms with E-state index in [4.69, 9.17) is 5.73 Å². The Morgan fingerprint density at radius 1 is 0.842 bits per heavy atom. The number of halogens is 8. The van der Waals surface area contributed by atoms with Crippen molar-refractivity contribution in [1.29, 1.82) is 0 Å². The van der Waals surface area contributed by atoms with Crippen molar-refractivity contribution >= 4 is 5.69 Å². The average molecular weight is 293 g/mol. The van der Waals surface area contributed by atoms with Crippen molar-refractivity contribution in [2.75, 3.05) is 5.73 Å². The average Bonchev–Trinajstić information content (AvgIpc) is 2.26. The number of benzene rings is 1. The Labute approximate surface area is 102 Å². The molecule has 0 amide bonds. The molecule has 9 heteroatoms. The third-order valence-corrected chi connectivity index (χ3v) is 2.44. The van der Waals surface area contributed by atoms with E-state index < -0.39 is 29.8 Å². The maximum Gasteiger partial charge on any atom is 0.457 e. The van der Waals surface area contributed by atoms with Crippen LogP contribution in [0.15, 0.2) is 24.3 Å². The minimum Gasteiger partial charge on any atom is -0.399 e. The Bertz CT molecular complexity index is 438. The van der Waals surface area contributed by atoms with Gasteiger partial charge < -0.3 is 5.73 Å². The predicted molar refractivity (Wildman–Crippen MR) is 50.6 cm³/mol. The minimum atomic E-state index is -6.46. The van der Waals surface area contributed by atoms with Crippen LogP contribution in [0.3, 0.4) is 0 Å². The molecule has 1 rings (SSSR count). The number of nitrogens with two attached hydrogens (primary N) is 1. The van der Waals surface area contributed by atoms with E-state index in [1.807, 2.05) is 0 Å². The Kier molecular flexibility index (Phi) is 3.70. The highest BCUT2D eigenvalue weighted by Crippen LogP contribution is 2.53. The molecule has 1 atom stereocenters. The summed E-state index contributed by atoms with van der Waals surface area (Å²) >= 11 is 0. The van der Waals surface area contributed by atoms with Crippen LogP contribution in [0.2, 0.25) is 0 Å². The van der Waals surface area contributed by atoms with E-state index in [1.165, 1.54) is 0 Å². The van der Waals surface area contributed by atoms with Crippen LogP contribution in [0.4, 0.5) is 40.8 Å². The first kappa shape index (κ1) is 15.5. The third-order valence-electron chi connectivity index (χ3n) is 2.44. The first-order valence-electron chi connectivity index (χ1n) is 4.72. The summed E-state index contributed by atoms with van der Waals surface area (Å²) < 4.78 is 101. The molecular weight excluding hydrogens is 286 g/mol. The van der Waals surface area contributed by atoms with E-state index in [9.17, 15) is 35.1 Å². The maximum absolute atomic E-state index is 13.8. The lowest BCUT2D eigenvalue weighted by atomic mass is 9.88. The molecule has 0 radical (unpaired) electrons. The van der Waals surface area contributed by atoms with Gasteiger partial charge in [-0.1, -0.05) is 12.1 Å². The first-order valence-corrected chi connectivity index (χ1v) is 4.72. The lowest BCUT2D eigenvalue weighted by Gasteiger charge is -2.34. The van der Waals surface area contributed by atoms with E-state index >= 15 is 0 Å². The zero-order valence-electron chi connectivity index (χ0n) is 8.99. The summed E-state index contributed by atoms with van der Waals surface area (Å²) in [6, 6.07) is 2.22. The van der Waals surface area contributed by atoms with Crippen LogP contribution >= 0.6 is 0 Å². The van der Waals surface area contributed by atoms with Gasteiger partial charge in [0.05, 0.1) is 0 Å². The van der Waals surface area contributed by atoms with Gasteiger partial charge in [0.1, 0.15) is 0 Å². The van der Waals surface area contributed by atoms with Crippen LogP contribution in [-0.4, -0.2) is 18.5 Å². The highest BCUT2D eigenvalue weighted by atomic mass is 19.4. The molecule has 0 fully saturated rings. The van der Waals surface area contributed by atoms with Crippen LogP contribution in [0.1, 0.15) is 5.56 Å². The van der Waals surface area contributed by atoms with Crippen molar-refractivity contribution in [1.82, 2.24) is 0 Å². The molecule has 0 bridgehead atoms. The fourth-order valence-corrected chi connectivity index (χ4v) is 1.38. The quantitative estimate of drug-likeness (QED) is 0.664. The molecule has 0 aliphatic heterocycles. The van der Waals surface area contributed by atoms with Crippen molar-refractivity contribution < 1.29 is 35.1 Å². The summed E-state index contributed by atoms with van der Waals surface area (Å²) in [6.45, 7) is 0. The zero-order valence-corrected chi connectivity index (χ0v) is 8.99. The number of rotatable bonds is 3. The van der Waals surface area contributed by atoms with Crippen LogP contribution in [0.5, 0.6) is 0 Å². The van der Waals surface area contributed by atoms with Gasteiger partial charge in [-0.05, 0) is 12.1 Å². The zero-order chi connectivity index (χ0) is 15.1. The molecule has 0 aliphatic rings. The molecule has 0 heterocycles. The maximum atomic E-state index is 13.8. The predicted octanol–water partition coefficient (Wildman–Crippen LogP) is 3.90. The lowest BCUT2D eigenvalue weighted by molar-refractivity contribution is -0.349. The van der Waals surface area contributed by atoms with Gasteiger partial charge >= 0.3 is 12.1 Å². The Balaban J connectivity index is 3.45. The molecule has 0 aromatic heterocycles. The van der Waals surface area contributed by atoms with Gasteiger partial charge in [-0.2, -0.15) is 22.0 Å². The molecule has 1 unspecified atom stereocenters. The molecule has 1 aromatic carbocycles. The molecule has 0 aliphatic carbocycles.